The van der Waals surface area contributed by atoms with Gasteiger partial charge in [-0.2, -0.15) is 5.26 Å². The van der Waals surface area contributed by atoms with E-state index in [2.05, 4.69) is 12.6 Å². The topological polar surface area (TPSA) is 28.7 Å². The Bertz CT molecular complexity index is 278. The third-order valence-corrected chi connectivity index (χ3v) is 1.52. The van der Waals surface area contributed by atoms with Crippen molar-refractivity contribution in [2.45, 2.75) is 13.0 Å². The number of hydrogen-bond acceptors (Lipinski definition) is 1. The van der Waals surface area contributed by atoms with Crippen molar-refractivity contribution in [2.24, 2.45) is 0 Å². The third-order valence-electron chi connectivity index (χ3n) is 1.52. The van der Waals surface area contributed by atoms with Gasteiger partial charge in [-0.1, -0.05) is 6.08 Å². The number of nitriles is 1. The van der Waals surface area contributed by atoms with Crippen molar-refractivity contribution in [3.8, 4) is 6.07 Å². The quantitative estimate of drug-likeness (QED) is 0.599. The second-order valence-electron chi connectivity index (χ2n) is 2.28. The van der Waals surface area contributed by atoms with E-state index in [1.165, 1.54) is 0 Å². The molecule has 2 nitrogen and oxygen atoms in total. The molecule has 0 bridgehead atoms. The normalized spacial score (nSPS) is 9.00. The Hall–Kier alpha value is -1.49. The zero-order valence-corrected chi connectivity index (χ0v) is 6.33. The van der Waals surface area contributed by atoms with Crippen LogP contribution >= 0.6 is 0 Å². The van der Waals surface area contributed by atoms with Crippen molar-refractivity contribution in [1.29, 1.82) is 5.26 Å². The maximum Gasteiger partial charge on any atom is 0.120 e. The predicted octanol–water partition coefficient (Wildman–Crippen LogP) is 1.94. The molecule has 0 spiro atoms. The van der Waals surface area contributed by atoms with E-state index in [9.17, 15) is 0 Å². The van der Waals surface area contributed by atoms with E-state index in [1.54, 1.807) is 0 Å². The Balaban J connectivity index is 2.70. The number of rotatable bonds is 3. The van der Waals surface area contributed by atoms with Crippen LogP contribution in [0.3, 0.4) is 0 Å². The maximum atomic E-state index is 8.61. The molecule has 0 atom stereocenters. The molecule has 0 aromatic carbocycles. The van der Waals surface area contributed by atoms with E-state index >= 15 is 0 Å². The standard InChI is InChI=1S/C9H10N2/c1-2-3-6-11-7-4-5-9(11)8-10/h2,4-5,7H,1,3,6H2. The number of aromatic nitrogens is 1. The highest BCUT2D eigenvalue weighted by Crippen LogP contribution is 2.01. The minimum absolute atomic E-state index is 0.715. The van der Waals surface area contributed by atoms with Gasteiger partial charge >= 0.3 is 0 Å². The summed E-state index contributed by atoms with van der Waals surface area (Å²) >= 11 is 0. The van der Waals surface area contributed by atoms with E-state index in [1.807, 2.05) is 29.0 Å². The molecule has 0 saturated carbocycles. The predicted molar refractivity (Wildman–Crippen MR) is 44.0 cm³/mol. The first kappa shape index (κ1) is 7.62. The van der Waals surface area contributed by atoms with Gasteiger partial charge in [0.05, 0.1) is 0 Å². The number of nitrogens with zero attached hydrogens (tertiary/aromatic N) is 2. The fourth-order valence-corrected chi connectivity index (χ4v) is 0.941. The monoisotopic (exact) mass is 146 g/mol. The molecule has 1 rings (SSSR count). The largest absolute Gasteiger partial charge is 0.339 e. The first-order valence-electron chi connectivity index (χ1n) is 3.54. The number of allylic oxidation sites excluding steroid dienone is 1. The second kappa shape index (κ2) is 3.62. The van der Waals surface area contributed by atoms with Crippen LogP contribution in [0, 0.1) is 11.3 Å². The van der Waals surface area contributed by atoms with E-state index in [-0.39, 0.29) is 0 Å². The van der Waals surface area contributed by atoms with Crippen molar-refractivity contribution in [2.75, 3.05) is 0 Å². The molecule has 2 heteroatoms. The van der Waals surface area contributed by atoms with Crippen LogP contribution in [-0.2, 0) is 6.54 Å². The van der Waals surface area contributed by atoms with Crippen molar-refractivity contribution in [3.05, 3.63) is 36.7 Å². The van der Waals surface area contributed by atoms with Gasteiger partial charge in [0, 0.05) is 12.7 Å². The summed E-state index contributed by atoms with van der Waals surface area (Å²) in [7, 11) is 0. The first-order chi connectivity index (χ1) is 5.38. The SMILES string of the molecule is C=CCCn1cccc1C#N. The molecule has 0 aliphatic heterocycles. The van der Waals surface area contributed by atoms with Gasteiger partial charge < -0.3 is 4.57 Å². The molecule has 0 fully saturated rings. The molecule has 1 aromatic rings. The zero-order chi connectivity index (χ0) is 8.10. The molecule has 56 valence electrons. The van der Waals surface area contributed by atoms with E-state index < -0.39 is 0 Å². The molecule has 0 N–H and O–H groups in total. The van der Waals surface area contributed by atoms with Crippen LogP contribution in [0.2, 0.25) is 0 Å². The molecule has 1 aromatic heterocycles. The average Bonchev–Trinajstić information content (AvgIpc) is 2.47. The molecule has 0 radical (unpaired) electrons. The van der Waals surface area contributed by atoms with Crippen LogP contribution in [0.25, 0.3) is 0 Å². The van der Waals surface area contributed by atoms with Crippen molar-refractivity contribution < 1.29 is 0 Å². The van der Waals surface area contributed by atoms with E-state index in [4.69, 9.17) is 5.26 Å². The summed E-state index contributed by atoms with van der Waals surface area (Å²) < 4.78 is 1.92. The molecule has 11 heavy (non-hydrogen) atoms. The van der Waals surface area contributed by atoms with Crippen LogP contribution in [0.5, 0.6) is 0 Å². The van der Waals surface area contributed by atoms with Gasteiger partial charge in [0.15, 0.2) is 0 Å². The van der Waals surface area contributed by atoms with E-state index in [0.717, 1.165) is 13.0 Å². The highest BCUT2D eigenvalue weighted by Gasteiger charge is 1.95. The Morgan fingerprint density at radius 3 is 3.18 bits per heavy atom. The molecule has 0 amide bonds. The summed E-state index contributed by atoms with van der Waals surface area (Å²) in [5.74, 6) is 0. The van der Waals surface area contributed by atoms with Gasteiger partial charge in [0.1, 0.15) is 11.8 Å². The Morgan fingerprint density at radius 1 is 1.73 bits per heavy atom. The molecule has 0 unspecified atom stereocenters. The molecule has 0 saturated heterocycles. The second-order valence-corrected chi connectivity index (χ2v) is 2.28. The Labute approximate surface area is 66.4 Å². The fraction of sp³-hybridized carbons (Fsp3) is 0.222. The molecule has 1 heterocycles. The minimum atomic E-state index is 0.715. The van der Waals surface area contributed by atoms with Gasteiger partial charge in [0.2, 0.25) is 0 Å². The van der Waals surface area contributed by atoms with Gasteiger partial charge in [-0.3, -0.25) is 0 Å². The average molecular weight is 146 g/mol. The van der Waals surface area contributed by atoms with Gasteiger partial charge in [-0.25, -0.2) is 0 Å². The Morgan fingerprint density at radius 2 is 2.55 bits per heavy atom. The highest BCUT2D eigenvalue weighted by atomic mass is 15.0. The smallest absolute Gasteiger partial charge is 0.120 e. The third kappa shape index (κ3) is 1.71. The van der Waals surface area contributed by atoms with Gasteiger partial charge in [0.25, 0.3) is 0 Å². The molecular weight excluding hydrogens is 136 g/mol. The van der Waals surface area contributed by atoms with Crippen molar-refractivity contribution in [3.63, 3.8) is 0 Å². The summed E-state index contributed by atoms with van der Waals surface area (Å²) in [5, 5.41) is 8.61. The molecule has 0 aliphatic carbocycles. The highest BCUT2D eigenvalue weighted by molar-refractivity contribution is 5.21. The summed E-state index contributed by atoms with van der Waals surface area (Å²) in [5.41, 5.74) is 0.715. The summed E-state index contributed by atoms with van der Waals surface area (Å²) in [6.07, 6.45) is 4.66. The minimum Gasteiger partial charge on any atom is -0.339 e. The zero-order valence-electron chi connectivity index (χ0n) is 6.33. The van der Waals surface area contributed by atoms with Crippen molar-refractivity contribution >= 4 is 0 Å². The lowest BCUT2D eigenvalue weighted by Gasteiger charge is -1.99. The number of aryl methyl sites for hydroxylation is 1. The summed E-state index contributed by atoms with van der Waals surface area (Å²) in [4.78, 5) is 0. The maximum absolute atomic E-state index is 8.61. The number of hydrogen-bond donors (Lipinski definition) is 0. The Kier molecular flexibility index (Phi) is 2.51. The van der Waals surface area contributed by atoms with Crippen LogP contribution < -0.4 is 0 Å². The van der Waals surface area contributed by atoms with Crippen LogP contribution in [-0.4, -0.2) is 4.57 Å². The summed E-state index contributed by atoms with van der Waals surface area (Å²) in [6.45, 7) is 4.47. The fourth-order valence-electron chi connectivity index (χ4n) is 0.941. The van der Waals surface area contributed by atoms with Crippen molar-refractivity contribution in [1.82, 2.24) is 4.57 Å². The van der Waals surface area contributed by atoms with E-state index in [0.29, 0.717) is 5.69 Å². The first-order valence-corrected chi connectivity index (χ1v) is 3.54. The lowest BCUT2D eigenvalue weighted by molar-refractivity contribution is 0.707. The molecular formula is C9H10N2. The molecule has 0 aliphatic rings. The van der Waals surface area contributed by atoms with Gasteiger partial charge in [-0.05, 0) is 18.6 Å². The van der Waals surface area contributed by atoms with Gasteiger partial charge in [-0.15, -0.1) is 6.58 Å². The van der Waals surface area contributed by atoms with Crippen LogP contribution in [0.1, 0.15) is 12.1 Å². The summed E-state index contributed by atoms with van der Waals surface area (Å²) in [6, 6.07) is 5.80. The lowest BCUT2D eigenvalue weighted by Crippen LogP contribution is -1.97. The lowest BCUT2D eigenvalue weighted by atomic mass is 10.4. The van der Waals surface area contributed by atoms with Crippen LogP contribution in [0.15, 0.2) is 31.0 Å². The van der Waals surface area contributed by atoms with Crippen LogP contribution in [0.4, 0.5) is 0 Å².